The number of carboxylic acid groups (broad SMARTS) is 1. The molecule has 0 fully saturated rings. The van der Waals surface area contributed by atoms with Crippen LogP contribution in [-0.2, 0) is 0 Å². The van der Waals surface area contributed by atoms with Gasteiger partial charge in [-0.3, -0.25) is 4.79 Å². The summed E-state index contributed by atoms with van der Waals surface area (Å²) in [5, 5.41) is 11.5. The number of rotatable bonds is 5. The Morgan fingerprint density at radius 1 is 1.29 bits per heavy atom. The molecule has 17 heavy (non-hydrogen) atoms. The number of thiol groups is 2. The Morgan fingerprint density at radius 2 is 1.88 bits per heavy atom. The van der Waals surface area contributed by atoms with Crippen LogP contribution >= 0.6 is 25.3 Å². The van der Waals surface area contributed by atoms with Gasteiger partial charge in [0.1, 0.15) is 0 Å². The van der Waals surface area contributed by atoms with Crippen molar-refractivity contribution in [2.75, 3.05) is 12.3 Å². The zero-order valence-corrected chi connectivity index (χ0v) is 10.7. The van der Waals surface area contributed by atoms with E-state index in [1.54, 1.807) is 12.1 Å². The van der Waals surface area contributed by atoms with Gasteiger partial charge in [-0.05, 0) is 12.1 Å². The van der Waals surface area contributed by atoms with Crippen molar-refractivity contribution in [2.24, 2.45) is 0 Å². The fraction of sp³-hybridized carbons (Fsp3) is 0.273. The van der Waals surface area contributed by atoms with Crippen LogP contribution in [0, 0.1) is 0 Å². The maximum atomic E-state index is 11.8. The van der Waals surface area contributed by atoms with Gasteiger partial charge in [0.2, 0.25) is 0 Å². The van der Waals surface area contributed by atoms with Gasteiger partial charge in [0.15, 0.2) is 0 Å². The second-order valence-electron chi connectivity index (χ2n) is 3.40. The molecule has 0 aliphatic heterocycles. The Labute approximate surface area is 110 Å². The summed E-state index contributed by atoms with van der Waals surface area (Å²) in [6.45, 7) is 0.347. The van der Waals surface area contributed by atoms with E-state index in [9.17, 15) is 9.59 Å². The summed E-state index contributed by atoms with van der Waals surface area (Å²) in [5.74, 6) is -1.000. The number of hydrogen-bond acceptors (Lipinski definition) is 4. The first-order chi connectivity index (χ1) is 8.06. The number of carbonyl (C=O) groups is 2. The number of hydrogen-bond donors (Lipinski definition) is 4. The number of amides is 1. The quantitative estimate of drug-likeness (QED) is 0.611. The van der Waals surface area contributed by atoms with E-state index in [0.29, 0.717) is 12.3 Å². The topological polar surface area (TPSA) is 66.4 Å². The van der Waals surface area contributed by atoms with Crippen molar-refractivity contribution in [3.05, 3.63) is 35.4 Å². The minimum atomic E-state index is -1.12. The largest absolute Gasteiger partial charge is 0.478 e. The zero-order chi connectivity index (χ0) is 12.8. The minimum Gasteiger partial charge on any atom is -0.478 e. The van der Waals surface area contributed by atoms with E-state index >= 15 is 0 Å². The first kappa shape index (κ1) is 13.9. The minimum absolute atomic E-state index is 0.00779. The van der Waals surface area contributed by atoms with Crippen LogP contribution in [0.4, 0.5) is 0 Å². The summed E-state index contributed by atoms with van der Waals surface area (Å²) < 4.78 is 0. The molecule has 0 aliphatic carbocycles. The van der Waals surface area contributed by atoms with Gasteiger partial charge < -0.3 is 10.4 Å². The summed E-state index contributed by atoms with van der Waals surface area (Å²) >= 11 is 8.21. The summed E-state index contributed by atoms with van der Waals surface area (Å²) in [4.78, 5) is 22.7. The number of carboxylic acids is 1. The fourth-order valence-corrected chi connectivity index (χ4v) is 1.46. The van der Waals surface area contributed by atoms with Crippen molar-refractivity contribution in [1.29, 1.82) is 0 Å². The normalized spacial score (nSPS) is 11.9. The smallest absolute Gasteiger partial charge is 0.336 e. The molecule has 0 heterocycles. The lowest BCUT2D eigenvalue weighted by atomic mass is 10.1. The van der Waals surface area contributed by atoms with E-state index in [-0.39, 0.29) is 16.4 Å². The van der Waals surface area contributed by atoms with E-state index in [0.717, 1.165) is 0 Å². The van der Waals surface area contributed by atoms with Crippen molar-refractivity contribution in [3.63, 3.8) is 0 Å². The Kier molecular flexibility index (Phi) is 5.37. The van der Waals surface area contributed by atoms with Crippen LogP contribution in [0.15, 0.2) is 24.3 Å². The molecule has 0 saturated carbocycles. The molecule has 0 bridgehead atoms. The number of nitrogens with one attached hydrogen (secondary N) is 1. The molecule has 0 radical (unpaired) electrons. The highest BCUT2D eigenvalue weighted by atomic mass is 32.1. The number of aromatic carboxylic acids is 1. The molecule has 92 valence electrons. The molecule has 0 aromatic heterocycles. The van der Waals surface area contributed by atoms with Crippen LogP contribution in [0.1, 0.15) is 20.7 Å². The van der Waals surface area contributed by atoms with Crippen LogP contribution in [0.2, 0.25) is 0 Å². The van der Waals surface area contributed by atoms with Gasteiger partial charge in [0.25, 0.3) is 5.91 Å². The molecular formula is C11H13NO3S2. The van der Waals surface area contributed by atoms with E-state index in [2.05, 4.69) is 30.6 Å². The summed E-state index contributed by atoms with van der Waals surface area (Å²) in [7, 11) is 0. The standard InChI is InChI=1S/C11H13NO3S2/c13-10(12-5-7(17)6-16)8-3-1-2-4-9(8)11(14)15/h1-4,7,16-17H,5-6H2,(H,12,13)(H,14,15). The van der Waals surface area contributed by atoms with Crippen molar-refractivity contribution >= 4 is 37.1 Å². The summed E-state index contributed by atoms with van der Waals surface area (Å²) in [6.07, 6.45) is 0. The molecule has 1 aromatic carbocycles. The molecule has 1 rings (SSSR count). The fourth-order valence-electron chi connectivity index (χ4n) is 1.24. The highest BCUT2D eigenvalue weighted by Gasteiger charge is 2.15. The highest BCUT2D eigenvalue weighted by molar-refractivity contribution is 7.84. The predicted molar refractivity (Wildman–Crippen MR) is 72.4 cm³/mol. The lowest BCUT2D eigenvalue weighted by Gasteiger charge is -2.10. The summed E-state index contributed by atoms with van der Waals surface area (Å²) in [5.41, 5.74) is 0.145. The van der Waals surface area contributed by atoms with Crippen molar-refractivity contribution < 1.29 is 14.7 Å². The molecule has 1 atom stereocenters. The van der Waals surface area contributed by atoms with Crippen LogP contribution < -0.4 is 5.32 Å². The zero-order valence-electron chi connectivity index (χ0n) is 8.96. The molecule has 6 heteroatoms. The number of carbonyl (C=O) groups excluding carboxylic acids is 1. The molecule has 4 nitrogen and oxygen atoms in total. The van der Waals surface area contributed by atoms with Gasteiger partial charge in [0.05, 0.1) is 11.1 Å². The maximum Gasteiger partial charge on any atom is 0.336 e. The second-order valence-corrected chi connectivity index (χ2v) is 4.49. The SMILES string of the molecule is O=C(O)c1ccccc1C(=O)NCC(S)CS. The highest BCUT2D eigenvalue weighted by Crippen LogP contribution is 2.08. The van der Waals surface area contributed by atoms with Crippen molar-refractivity contribution in [1.82, 2.24) is 5.32 Å². The molecule has 1 aromatic rings. The van der Waals surface area contributed by atoms with Gasteiger partial charge in [0, 0.05) is 17.5 Å². The monoisotopic (exact) mass is 271 g/mol. The maximum absolute atomic E-state index is 11.8. The summed E-state index contributed by atoms with van der Waals surface area (Å²) in [6, 6.07) is 6.08. The van der Waals surface area contributed by atoms with Gasteiger partial charge in [-0.15, -0.1) is 0 Å². The van der Waals surface area contributed by atoms with Gasteiger partial charge in [-0.25, -0.2) is 4.79 Å². The van der Waals surface area contributed by atoms with Crippen LogP contribution in [0.5, 0.6) is 0 Å². The molecule has 1 unspecified atom stereocenters. The van der Waals surface area contributed by atoms with E-state index < -0.39 is 11.9 Å². The average Bonchev–Trinajstić information content (AvgIpc) is 2.35. The van der Waals surface area contributed by atoms with Crippen molar-refractivity contribution in [2.45, 2.75) is 5.25 Å². The Hall–Kier alpha value is -1.14. The lowest BCUT2D eigenvalue weighted by molar-refractivity contribution is 0.0691. The van der Waals surface area contributed by atoms with E-state index in [1.165, 1.54) is 12.1 Å². The molecule has 0 spiro atoms. The van der Waals surface area contributed by atoms with Gasteiger partial charge in [-0.2, -0.15) is 25.3 Å². The molecule has 1 amide bonds. The Bertz CT molecular complexity index is 423. The van der Waals surface area contributed by atoms with Crippen LogP contribution in [-0.4, -0.2) is 34.5 Å². The molecule has 2 N–H and O–H groups in total. The molecule has 0 aliphatic rings. The Balaban J connectivity index is 2.78. The van der Waals surface area contributed by atoms with Gasteiger partial charge in [-0.1, -0.05) is 12.1 Å². The first-order valence-electron chi connectivity index (χ1n) is 4.95. The van der Waals surface area contributed by atoms with E-state index in [1.807, 2.05) is 0 Å². The molecule has 0 saturated heterocycles. The van der Waals surface area contributed by atoms with Crippen LogP contribution in [0.25, 0.3) is 0 Å². The second kappa shape index (κ2) is 6.56. The lowest BCUT2D eigenvalue weighted by Crippen LogP contribution is -2.31. The van der Waals surface area contributed by atoms with Gasteiger partial charge >= 0.3 is 5.97 Å². The van der Waals surface area contributed by atoms with E-state index in [4.69, 9.17) is 5.11 Å². The predicted octanol–water partition coefficient (Wildman–Crippen LogP) is 1.34. The average molecular weight is 271 g/mol. The number of benzene rings is 1. The third-order valence-electron chi connectivity index (χ3n) is 2.11. The van der Waals surface area contributed by atoms with Crippen LogP contribution in [0.3, 0.4) is 0 Å². The Morgan fingerprint density at radius 3 is 2.41 bits per heavy atom. The third-order valence-corrected chi connectivity index (χ3v) is 3.21. The first-order valence-corrected chi connectivity index (χ1v) is 6.10. The molecular weight excluding hydrogens is 258 g/mol. The van der Waals surface area contributed by atoms with Crippen molar-refractivity contribution in [3.8, 4) is 0 Å². The third kappa shape index (κ3) is 3.98.